The number of hydrogen-bond donors (Lipinski definition) is 0. The zero-order valence-corrected chi connectivity index (χ0v) is 6.07. The molecular formula is C8H7NO2. The molecule has 2 rings (SSSR count). The van der Waals surface area contributed by atoms with E-state index in [1.807, 2.05) is 0 Å². The lowest BCUT2D eigenvalue weighted by Crippen LogP contribution is -2.14. The Morgan fingerprint density at radius 2 is 2.45 bits per heavy atom. The van der Waals surface area contributed by atoms with E-state index in [4.69, 9.17) is 4.74 Å². The zero-order chi connectivity index (χ0) is 7.84. The number of carbonyl (C=O) groups is 1. The molecule has 1 aromatic rings. The van der Waals surface area contributed by atoms with E-state index >= 15 is 0 Å². The van der Waals surface area contributed by atoms with Crippen LogP contribution in [0.25, 0.3) is 0 Å². The minimum atomic E-state index is -0.339. The van der Waals surface area contributed by atoms with Gasteiger partial charge in [0.1, 0.15) is 5.75 Å². The predicted molar refractivity (Wildman–Crippen MR) is 38.7 cm³/mol. The van der Waals surface area contributed by atoms with Crippen LogP contribution < -0.4 is 4.74 Å². The summed E-state index contributed by atoms with van der Waals surface area (Å²) in [6.45, 7) is 1.74. The number of hydrogen-bond acceptors (Lipinski definition) is 3. The molecule has 0 radical (unpaired) electrons. The number of aromatic nitrogens is 1. The fraction of sp³-hybridized carbons (Fsp3) is 0.250. The highest BCUT2D eigenvalue weighted by molar-refractivity contribution is 6.04. The van der Waals surface area contributed by atoms with Crippen molar-refractivity contribution < 1.29 is 9.53 Å². The Bertz CT molecular complexity index is 309. The monoisotopic (exact) mass is 149 g/mol. The van der Waals surface area contributed by atoms with Gasteiger partial charge in [-0.25, -0.2) is 0 Å². The van der Waals surface area contributed by atoms with E-state index < -0.39 is 0 Å². The highest BCUT2D eigenvalue weighted by Gasteiger charge is 2.27. The second-order valence-corrected chi connectivity index (χ2v) is 2.50. The molecule has 0 spiro atoms. The molecule has 3 nitrogen and oxygen atoms in total. The Labute approximate surface area is 64.0 Å². The third-order valence-corrected chi connectivity index (χ3v) is 1.72. The summed E-state index contributed by atoms with van der Waals surface area (Å²) < 4.78 is 5.21. The van der Waals surface area contributed by atoms with E-state index in [0.29, 0.717) is 11.3 Å². The molecule has 0 unspecified atom stereocenters. The van der Waals surface area contributed by atoms with Gasteiger partial charge >= 0.3 is 0 Å². The second kappa shape index (κ2) is 2.05. The lowest BCUT2D eigenvalue weighted by atomic mass is 10.1. The SMILES string of the molecule is C[C@H]1Oc2cnccc2C1=O. The summed E-state index contributed by atoms with van der Waals surface area (Å²) in [5, 5.41) is 0. The lowest BCUT2D eigenvalue weighted by molar-refractivity contribution is 0.0878. The van der Waals surface area contributed by atoms with Crippen LogP contribution in [0.5, 0.6) is 5.75 Å². The number of carbonyl (C=O) groups excluding carboxylic acids is 1. The first-order valence-electron chi connectivity index (χ1n) is 3.44. The number of ketones is 1. The van der Waals surface area contributed by atoms with Gasteiger partial charge in [0.25, 0.3) is 0 Å². The van der Waals surface area contributed by atoms with Gasteiger partial charge in [0.05, 0.1) is 11.8 Å². The largest absolute Gasteiger partial charge is 0.480 e. The number of Topliss-reactive ketones (excluding diaryl/α,β-unsaturated/α-hetero) is 1. The van der Waals surface area contributed by atoms with Crippen LogP contribution >= 0.6 is 0 Å². The molecule has 0 saturated carbocycles. The number of nitrogens with zero attached hydrogens (tertiary/aromatic N) is 1. The van der Waals surface area contributed by atoms with Crippen LogP contribution in [-0.4, -0.2) is 16.9 Å². The zero-order valence-electron chi connectivity index (χ0n) is 6.07. The molecule has 0 fully saturated rings. The normalized spacial score (nSPS) is 21.2. The van der Waals surface area contributed by atoms with E-state index in [1.54, 1.807) is 25.4 Å². The van der Waals surface area contributed by atoms with Crippen LogP contribution in [0.4, 0.5) is 0 Å². The number of ether oxygens (including phenoxy) is 1. The Balaban J connectivity index is 2.55. The number of pyridine rings is 1. The molecule has 0 aromatic carbocycles. The summed E-state index contributed by atoms with van der Waals surface area (Å²) in [6, 6.07) is 1.68. The van der Waals surface area contributed by atoms with Gasteiger partial charge in [-0.05, 0) is 13.0 Å². The van der Waals surface area contributed by atoms with Gasteiger partial charge in [-0.15, -0.1) is 0 Å². The average molecular weight is 149 g/mol. The summed E-state index contributed by atoms with van der Waals surface area (Å²) in [7, 11) is 0. The van der Waals surface area contributed by atoms with Crippen LogP contribution in [0.15, 0.2) is 18.5 Å². The molecule has 1 atom stereocenters. The highest BCUT2D eigenvalue weighted by Crippen LogP contribution is 2.26. The van der Waals surface area contributed by atoms with Crippen molar-refractivity contribution in [3.05, 3.63) is 24.0 Å². The van der Waals surface area contributed by atoms with E-state index in [1.165, 1.54) is 0 Å². The Morgan fingerprint density at radius 3 is 3.18 bits per heavy atom. The summed E-state index contributed by atoms with van der Waals surface area (Å²) in [5.41, 5.74) is 0.646. The second-order valence-electron chi connectivity index (χ2n) is 2.50. The van der Waals surface area contributed by atoms with Crippen molar-refractivity contribution in [1.29, 1.82) is 0 Å². The quantitative estimate of drug-likeness (QED) is 0.553. The van der Waals surface area contributed by atoms with Gasteiger partial charge in [0.2, 0.25) is 5.78 Å². The minimum absolute atomic E-state index is 0.0439. The molecule has 1 aromatic heterocycles. The fourth-order valence-corrected chi connectivity index (χ4v) is 1.14. The highest BCUT2D eigenvalue weighted by atomic mass is 16.5. The van der Waals surface area contributed by atoms with Gasteiger partial charge in [-0.3, -0.25) is 9.78 Å². The van der Waals surface area contributed by atoms with Crippen molar-refractivity contribution in [3.8, 4) is 5.75 Å². The van der Waals surface area contributed by atoms with E-state index in [-0.39, 0.29) is 11.9 Å². The molecule has 2 heterocycles. The van der Waals surface area contributed by atoms with Gasteiger partial charge < -0.3 is 4.74 Å². The molecular weight excluding hydrogens is 142 g/mol. The van der Waals surface area contributed by atoms with E-state index in [2.05, 4.69) is 4.98 Å². The Morgan fingerprint density at radius 1 is 1.64 bits per heavy atom. The van der Waals surface area contributed by atoms with Crippen molar-refractivity contribution in [1.82, 2.24) is 4.98 Å². The molecule has 0 aliphatic carbocycles. The summed E-state index contributed by atoms with van der Waals surface area (Å²) in [4.78, 5) is 15.1. The van der Waals surface area contributed by atoms with Crippen LogP contribution in [0.3, 0.4) is 0 Å². The first kappa shape index (κ1) is 6.34. The molecule has 3 heteroatoms. The lowest BCUT2D eigenvalue weighted by Gasteiger charge is -1.98. The minimum Gasteiger partial charge on any atom is -0.480 e. The van der Waals surface area contributed by atoms with E-state index in [9.17, 15) is 4.79 Å². The smallest absolute Gasteiger partial charge is 0.206 e. The van der Waals surface area contributed by atoms with Crippen molar-refractivity contribution >= 4 is 5.78 Å². The topological polar surface area (TPSA) is 39.2 Å². The number of fused-ring (bicyclic) bond motifs is 1. The molecule has 1 aliphatic heterocycles. The van der Waals surface area contributed by atoms with E-state index in [0.717, 1.165) is 0 Å². The fourth-order valence-electron chi connectivity index (χ4n) is 1.14. The molecule has 0 saturated heterocycles. The molecule has 11 heavy (non-hydrogen) atoms. The maximum absolute atomic E-state index is 11.2. The summed E-state index contributed by atoms with van der Waals surface area (Å²) in [5.74, 6) is 0.646. The van der Waals surface area contributed by atoms with Crippen molar-refractivity contribution in [2.24, 2.45) is 0 Å². The van der Waals surface area contributed by atoms with Crippen molar-refractivity contribution in [2.75, 3.05) is 0 Å². The molecule has 0 N–H and O–H groups in total. The summed E-state index contributed by atoms with van der Waals surface area (Å²) >= 11 is 0. The van der Waals surface area contributed by atoms with Crippen LogP contribution in [0, 0.1) is 0 Å². The molecule has 0 amide bonds. The molecule has 56 valence electrons. The summed E-state index contributed by atoms with van der Waals surface area (Å²) in [6.07, 6.45) is 2.82. The van der Waals surface area contributed by atoms with Gasteiger partial charge in [-0.2, -0.15) is 0 Å². The predicted octanol–water partition coefficient (Wildman–Crippen LogP) is 1.05. The maximum Gasteiger partial charge on any atom is 0.206 e. The third kappa shape index (κ3) is 0.808. The third-order valence-electron chi connectivity index (χ3n) is 1.72. The first-order valence-corrected chi connectivity index (χ1v) is 3.44. The first-order chi connectivity index (χ1) is 5.29. The van der Waals surface area contributed by atoms with Gasteiger partial charge in [0, 0.05) is 6.20 Å². The Hall–Kier alpha value is -1.38. The molecule has 1 aliphatic rings. The maximum atomic E-state index is 11.2. The number of rotatable bonds is 0. The van der Waals surface area contributed by atoms with Crippen LogP contribution in [0.2, 0.25) is 0 Å². The average Bonchev–Trinajstić information content (AvgIpc) is 2.30. The van der Waals surface area contributed by atoms with Crippen molar-refractivity contribution in [2.45, 2.75) is 13.0 Å². The van der Waals surface area contributed by atoms with Gasteiger partial charge in [0.15, 0.2) is 6.10 Å². The molecule has 0 bridgehead atoms. The van der Waals surface area contributed by atoms with Gasteiger partial charge in [-0.1, -0.05) is 0 Å². The van der Waals surface area contributed by atoms with Crippen molar-refractivity contribution in [3.63, 3.8) is 0 Å². The standard InChI is InChI=1S/C8H7NO2/c1-5-8(10)6-2-3-9-4-7(6)11-5/h2-5H,1H3/t5-/m1/s1. The van der Waals surface area contributed by atoms with Crippen LogP contribution in [0.1, 0.15) is 17.3 Å². The Kier molecular flexibility index (Phi) is 1.18. The van der Waals surface area contributed by atoms with Crippen LogP contribution in [-0.2, 0) is 0 Å².